The zero-order chi connectivity index (χ0) is 18.0. The highest BCUT2D eigenvalue weighted by Crippen LogP contribution is 2.27. The second-order valence-corrected chi connectivity index (χ2v) is 8.85. The normalized spacial score (nSPS) is 19.2. The predicted octanol–water partition coefficient (Wildman–Crippen LogP) is 1.56. The lowest BCUT2D eigenvalue weighted by Gasteiger charge is -2.36. The molecule has 25 heavy (non-hydrogen) atoms. The minimum absolute atomic E-state index is 0.0597. The lowest BCUT2D eigenvalue weighted by molar-refractivity contribution is -0.136. The third-order valence-corrected chi connectivity index (χ3v) is 6.25. The molecule has 1 saturated carbocycles. The second kappa shape index (κ2) is 7.15. The molecule has 0 N–H and O–H groups in total. The van der Waals surface area contributed by atoms with Crippen LogP contribution in [0.2, 0.25) is 0 Å². The van der Waals surface area contributed by atoms with Crippen molar-refractivity contribution in [1.29, 1.82) is 0 Å². The van der Waals surface area contributed by atoms with Crippen molar-refractivity contribution in [2.75, 3.05) is 32.4 Å². The van der Waals surface area contributed by atoms with Crippen LogP contribution in [0.3, 0.4) is 0 Å². The van der Waals surface area contributed by atoms with E-state index in [9.17, 15) is 18.0 Å². The van der Waals surface area contributed by atoms with E-state index in [0.717, 1.165) is 31.9 Å². The number of amides is 2. The van der Waals surface area contributed by atoms with E-state index < -0.39 is 9.84 Å². The van der Waals surface area contributed by atoms with E-state index in [4.69, 9.17) is 0 Å². The Morgan fingerprint density at radius 3 is 2.12 bits per heavy atom. The highest BCUT2D eigenvalue weighted by atomic mass is 32.2. The van der Waals surface area contributed by atoms with Crippen LogP contribution in [0.1, 0.15) is 36.0 Å². The summed E-state index contributed by atoms with van der Waals surface area (Å²) in [7, 11) is -3.46. The number of hydrogen-bond acceptors (Lipinski definition) is 4. The number of benzene rings is 1. The topological polar surface area (TPSA) is 74.8 Å². The average Bonchev–Trinajstić information content (AvgIpc) is 3.14. The number of hydrogen-bond donors (Lipinski definition) is 0. The minimum Gasteiger partial charge on any atom is -0.339 e. The van der Waals surface area contributed by atoms with Gasteiger partial charge in [-0.15, -0.1) is 0 Å². The highest BCUT2D eigenvalue weighted by Gasteiger charge is 2.31. The fourth-order valence-corrected chi connectivity index (χ4v) is 4.58. The fourth-order valence-electron chi connectivity index (χ4n) is 3.70. The molecule has 2 fully saturated rings. The van der Waals surface area contributed by atoms with E-state index in [2.05, 4.69) is 0 Å². The number of carbonyl (C=O) groups is 2. The van der Waals surface area contributed by atoms with Crippen LogP contribution in [0.15, 0.2) is 29.2 Å². The molecule has 2 amide bonds. The first-order chi connectivity index (χ1) is 11.9. The van der Waals surface area contributed by atoms with Gasteiger partial charge < -0.3 is 9.80 Å². The van der Waals surface area contributed by atoms with Crippen LogP contribution in [0.25, 0.3) is 0 Å². The Kier molecular flexibility index (Phi) is 5.13. The summed E-state index contributed by atoms with van der Waals surface area (Å²) in [5.74, 6) is 0.0725. The van der Waals surface area contributed by atoms with Crippen LogP contribution < -0.4 is 0 Å². The maximum Gasteiger partial charge on any atom is 0.255 e. The van der Waals surface area contributed by atoms with E-state index in [1.165, 1.54) is 6.07 Å². The van der Waals surface area contributed by atoms with Gasteiger partial charge in [-0.3, -0.25) is 9.59 Å². The van der Waals surface area contributed by atoms with Gasteiger partial charge in [-0.05, 0) is 25.0 Å². The number of piperazine rings is 1. The molecule has 0 atom stereocenters. The average molecular weight is 364 g/mol. The molecule has 1 aromatic carbocycles. The molecule has 6 nitrogen and oxygen atoms in total. The van der Waals surface area contributed by atoms with E-state index in [1.807, 2.05) is 4.90 Å². The minimum atomic E-state index is -3.46. The van der Waals surface area contributed by atoms with Gasteiger partial charge in [0.15, 0.2) is 9.84 Å². The Morgan fingerprint density at radius 1 is 0.960 bits per heavy atom. The Morgan fingerprint density at radius 2 is 1.52 bits per heavy atom. The summed E-state index contributed by atoms with van der Waals surface area (Å²) in [5, 5.41) is 0. The van der Waals surface area contributed by atoms with Gasteiger partial charge in [0.2, 0.25) is 5.91 Å². The van der Waals surface area contributed by atoms with Gasteiger partial charge in [-0.25, -0.2) is 8.42 Å². The van der Waals surface area contributed by atoms with E-state index in [0.29, 0.717) is 26.2 Å². The monoisotopic (exact) mass is 364 g/mol. The molecule has 0 aromatic heterocycles. The van der Waals surface area contributed by atoms with Crippen LogP contribution in [0.5, 0.6) is 0 Å². The summed E-state index contributed by atoms with van der Waals surface area (Å²) in [6, 6.07) is 6.30. The summed E-state index contributed by atoms with van der Waals surface area (Å²) in [5.41, 5.74) is 0.209. The molecule has 0 radical (unpaired) electrons. The molecule has 0 bridgehead atoms. The first kappa shape index (κ1) is 17.9. The summed E-state index contributed by atoms with van der Waals surface area (Å²) >= 11 is 0. The zero-order valence-electron chi connectivity index (χ0n) is 14.5. The number of sulfone groups is 1. The van der Waals surface area contributed by atoms with Crippen LogP contribution in [0, 0.1) is 5.92 Å². The van der Waals surface area contributed by atoms with E-state index in [1.54, 1.807) is 23.1 Å². The maximum atomic E-state index is 12.8. The lowest BCUT2D eigenvalue weighted by Crippen LogP contribution is -2.51. The van der Waals surface area contributed by atoms with Crippen molar-refractivity contribution in [1.82, 2.24) is 9.80 Å². The molecular weight excluding hydrogens is 340 g/mol. The molecule has 1 saturated heterocycles. The standard InChI is InChI=1S/C18H24N2O4S/c1-25(23,24)16-9-5-4-8-15(16)18(22)20-12-10-19(11-13-20)17(21)14-6-2-3-7-14/h4-5,8-9,14H,2-3,6-7,10-13H2,1H3. The Labute approximate surface area is 148 Å². The SMILES string of the molecule is CS(=O)(=O)c1ccccc1C(=O)N1CCN(C(=O)C2CCCC2)CC1. The van der Waals surface area contributed by atoms with E-state index >= 15 is 0 Å². The van der Waals surface area contributed by atoms with E-state index in [-0.39, 0.29) is 28.2 Å². The van der Waals surface area contributed by atoms with Crippen molar-refractivity contribution < 1.29 is 18.0 Å². The number of rotatable bonds is 3. The van der Waals surface area contributed by atoms with Crippen LogP contribution in [-0.4, -0.2) is 62.5 Å². The fraction of sp³-hybridized carbons (Fsp3) is 0.556. The Balaban J connectivity index is 1.67. The second-order valence-electron chi connectivity index (χ2n) is 6.87. The van der Waals surface area contributed by atoms with Gasteiger partial charge >= 0.3 is 0 Å². The zero-order valence-corrected chi connectivity index (χ0v) is 15.3. The molecule has 3 rings (SSSR count). The summed E-state index contributed by atoms with van der Waals surface area (Å²) in [6.07, 6.45) is 5.30. The third-order valence-electron chi connectivity index (χ3n) is 5.10. The molecule has 0 spiro atoms. The van der Waals surface area contributed by atoms with Crippen LogP contribution in [0.4, 0.5) is 0 Å². The lowest BCUT2D eigenvalue weighted by atomic mass is 10.1. The quantitative estimate of drug-likeness (QED) is 0.816. The molecule has 1 heterocycles. The van der Waals surface area contributed by atoms with Crippen molar-refractivity contribution in [3.63, 3.8) is 0 Å². The maximum absolute atomic E-state index is 12.8. The number of carbonyl (C=O) groups excluding carboxylic acids is 2. The molecule has 1 aliphatic heterocycles. The van der Waals surface area contributed by atoms with Gasteiger partial charge in [0, 0.05) is 38.4 Å². The third kappa shape index (κ3) is 3.86. The van der Waals surface area contributed by atoms with Crippen LogP contribution >= 0.6 is 0 Å². The molecule has 7 heteroatoms. The molecule has 1 aliphatic carbocycles. The molecule has 0 unspecified atom stereocenters. The smallest absolute Gasteiger partial charge is 0.255 e. The van der Waals surface area contributed by atoms with Gasteiger partial charge in [-0.1, -0.05) is 25.0 Å². The van der Waals surface area contributed by atoms with Gasteiger partial charge in [0.05, 0.1) is 10.5 Å². The van der Waals surface area contributed by atoms with Crippen LogP contribution in [-0.2, 0) is 14.6 Å². The van der Waals surface area contributed by atoms with Crippen molar-refractivity contribution in [2.24, 2.45) is 5.92 Å². The van der Waals surface area contributed by atoms with Crippen molar-refractivity contribution >= 4 is 21.7 Å². The molecule has 2 aliphatic rings. The summed E-state index contributed by atoms with van der Waals surface area (Å²) in [6.45, 7) is 1.91. The van der Waals surface area contributed by atoms with Crippen molar-refractivity contribution in [3.05, 3.63) is 29.8 Å². The first-order valence-electron chi connectivity index (χ1n) is 8.75. The molecule has 1 aromatic rings. The Hall–Kier alpha value is -1.89. The van der Waals surface area contributed by atoms with Crippen molar-refractivity contribution in [2.45, 2.75) is 30.6 Å². The number of nitrogens with zero attached hydrogens (tertiary/aromatic N) is 2. The largest absolute Gasteiger partial charge is 0.339 e. The highest BCUT2D eigenvalue weighted by molar-refractivity contribution is 7.90. The molecule has 136 valence electrons. The summed E-state index contributed by atoms with van der Waals surface area (Å²) in [4.78, 5) is 28.8. The molecular formula is C18H24N2O4S. The van der Waals surface area contributed by atoms with Crippen molar-refractivity contribution in [3.8, 4) is 0 Å². The van der Waals surface area contributed by atoms with Gasteiger partial charge in [0.1, 0.15) is 0 Å². The Bertz CT molecular complexity index is 761. The predicted molar refractivity (Wildman–Crippen MR) is 94.0 cm³/mol. The van der Waals surface area contributed by atoms with Gasteiger partial charge in [0.25, 0.3) is 5.91 Å². The first-order valence-corrected chi connectivity index (χ1v) is 10.6. The summed E-state index contributed by atoms with van der Waals surface area (Å²) < 4.78 is 23.8. The van der Waals surface area contributed by atoms with Gasteiger partial charge in [-0.2, -0.15) is 0 Å².